The minimum Gasteiger partial charge on any atom is -0.294 e. The molecular weight excluding hydrogens is 264 g/mol. The van der Waals surface area contributed by atoms with Crippen LogP contribution >= 0.6 is 0 Å². The first-order chi connectivity index (χ1) is 10.2. The molecule has 1 aromatic heterocycles. The molecule has 2 aliphatic carbocycles. The average Bonchev–Trinajstić information content (AvgIpc) is 2.54. The predicted octanol–water partition coefficient (Wildman–Crippen LogP) is 3.10. The van der Waals surface area contributed by atoms with E-state index in [4.69, 9.17) is 0 Å². The Balaban J connectivity index is 2.07. The lowest BCUT2D eigenvalue weighted by molar-refractivity contribution is 0.313. The zero-order chi connectivity index (χ0) is 14.8. The average molecular weight is 290 g/mol. The van der Waals surface area contributed by atoms with Crippen LogP contribution in [0.1, 0.15) is 81.9 Å². The van der Waals surface area contributed by atoms with Crippen LogP contribution < -0.4 is 11.2 Å². The van der Waals surface area contributed by atoms with Crippen molar-refractivity contribution >= 4 is 0 Å². The fraction of sp³-hybridized carbons (Fsp3) is 0.765. The van der Waals surface area contributed by atoms with E-state index in [0.717, 1.165) is 31.4 Å². The van der Waals surface area contributed by atoms with E-state index in [2.05, 4.69) is 0 Å². The highest BCUT2D eigenvalue weighted by atomic mass is 16.2. The highest BCUT2D eigenvalue weighted by Gasteiger charge is 2.25. The number of hydrogen-bond acceptors (Lipinski definition) is 2. The molecule has 1 aromatic rings. The lowest BCUT2D eigenvalue weighted by Crippen LogP contribution is -2.42. The van der Waals surface area contributed by atoms with Gasteiger partial charge in [0.15, 0.2) is 0 Å². The maximum atomic E-state index is 12.7. The van der Waals surface area contributed by atoms with Gasteiger partial charge in [0.05, 0.1) is 0 Å². The third-order valence-corrected chi connectivity index (χ3v) is 5.34. The Morgan fingerprint density at radius 2 is 1.48 bits per heavy atom. The smallest absolute Gasteiger partial charge is 0.294 e. The van der Waals surface area contributed by atoms with Gasteiger partial charge in [0.2, 0.25) is 0 Å². The predicted molar refractivity (Wildman–Crippen MR) is 83.9 cm³/mol. The van der Waals surface area contributed by atoms with Crippen molar-refractivity contribution < 1.29 is 0 Å². The summed E-state index contributed by atoms with van der Waals surface area (Å²) in [6, 6.07) is 2.04. The maximum absolute atomic E-state index is 12.7. The maximum Gasteiger partial charge on any atom is 0.331 e. The van der Waals surface area contributed by atoms with E-state index in [1.807, 2.05) is 4.57 Å². The highest BCUT2D eigenvalue weighted by molar-refractivity contribution is 5.11. The molecule has 2 aliphatic rings. The second kappa shape index (κ2) is 6.20. The van der Waals surface area contributed by atoms with Crippen molar-refractivity contribution in [2.75, 3.05) is 0 Å². The van der Waals surface area contributed by atoms with E-state index in [0.29, 0.717) is 12.0 Å². The second-order valence-electron chi connectivity index (χ2n) is 6.75. The van der Waals surface area contributed by atoms with Gasteiger partial charge in [0.1, 0.15) is 0 Å². The van der Waals surface area contributed by atoms with Crippen LogP contribution in [0.25, 0.3) is 0 Å². The van der Waals surface area contributed by atoms with Crippen molar-refractivity contribution in [3.8, 4) is 0 Å². The summed E-state index contributed by atoms with van der Waals surface area (Å²) in [5, 5.41) is 0. The molecular formula is C17H26N2O2. The SMILES string of the molecule is Cn1c(=O)cc(C2CCCCC2)n(C2CCCCC2)c1=O. The molecule has 0 atom stereocenters. The molecule has 2 fully saturated rings. The molecule has 0 aromatic carbocycles. The van der Waals surface area contributed by atoms with Gasteiger partial charge in [0, 0.05) is 24.8 Å². The first-order valence-corrected chi connectivity index (χ1v) is 8.51. The summed E-state index contributed by atoms with van der Waals surface area (Å²) >= 11 is 0. The zero-order valence-corrected chi connectivity index (χ0v) is 13.0. The van der Waals surface area contributed by atoms with Gasteiger partial charge < -0.3 is 0 Å². The van der Waals surface area contributed by atoms with E-state index in [9.17, 15) is 9.59 Å². The van der Waals surface area contributed by atoms with Gasteiger partial charge in [0.25, 0.3) is 5.56 Å². The molecule has 116 valence electrons. The molecule has 3 rings (SSSR count). The Labute approximate surface area is 125 Å². The van der Waals surface area contributed by atoms with Crippen LogP contribution in [0.4, 0.5) is 0 Å². The van der Waals surface area contributed by atoms with Crippen LogP contribution in [-0.4, -0.2) is 9.13 Å². The largest absolute Gasteiger partial charge is 0.331 e. The van der Waals surface area contributed by atoms with E-state index in [1.165, 1.54) is 43.1 Å². The third-order valence-electron chi connectivity index (χ3n) is 5.34. The van der Waals surface area contributed by atoms with Gasteiger partial charge in [-0.25, -0.2) is 4.79 Å². The molecule has 0 bridgehead atoms. The first kappa shape index (κ1) is 14.6. The summed E-state index contributed by atoms with van der Waals surface area (Å²) in [5.74, 6) is 0.405. The van der Waals surface area contributed by atoms with Gasteiger partial charge in [-0.1, -0.05) is 38.5 Å². The van der Waals surface area contributed by atoms with Gasteiger partial charge in [-0.15, -0.1) is 0 Å². The Bertz CT molecular complexity index is 602. The lowest BCUT2D eigenvalue weighted by Gasteiger charge is -2.31. The third kappa shape index (κ3) is 2.85. The van der Waals surface area contributed by atoms with Gasteiger partial charge in [-0.05, 0) is 31.6 Å². The molecule has 21 heavy (non-hydrogen) atoms. The van der Waals surface area contributed by atoms with Crippen LogP contribution in [0.5, 0.6) is 0 Å². The normalized spacial score (nSPS) is 21.6. The van der Waals surface area contributed by atoms with Crippen LogP contribution in [0, 0.1) is 0 Å². The number of hydrogen-bond donors (Lipinski definition) is 0. The number of rotatable bonds is 2. The summed E-state index contributed by atoms with van der Waals surface area (Å²) < 4.78 is 3.26. The molecule has 4 heteroatoms. The van der Waals surface area contributed by atoms with E-state index >= 15 is 0 Å². The van der Waals surface area contributed by atoms with Crippen molar-refractivity contribution in [3.05, 3.63) is 32.6 Å². The zero-order valence-electron chi connectivity index (χ0n) is 13.0. The van der Waals surface area contributed by atoms with Gasteiger partial charge >= 0.3 is 5.69 Å². The summed E-state index contributed by atoms with van der Waals surface area (Å²) in [5.41, 5.74) is 0.775. The van der Waals surface area contributed by atoms with Crippen LogP contribution in [-0.2, 0) is 7.05 Å². The van der Waals surface area contributed by atoms with Crippen molar-refractivity contribution in [2.24, 2.45) is 7.05 Å². The quantitative estimate of drug-likeness (QED) is 0.840. The summed E-state index contributed by atoms with van der Waals surface area (Å²) in [7, 11) is 1.61. The van der Waals surface area contributed by atoms with Gasteiger partial charge in [-0.2, -0.15) is 0 Å². The van der Waals surface area contributed by atoms with Crippen molar-refractivity contribution in [1.29, 1.82) is 0 Å². The molecule has 0 amide bonds. The molecule has 2 saturated carbocycles. The Kier molecular flexibility index (Phi) is 4.32. The van der Waals surface area contributed by atoms with E-state index in [-0.39, 0.29) is 11.2 Å². The number of aromatic nitrogens is 2. The summed E-state index contributed by atoms with van der Waals surface area (Å²) in [4.78, 5) is 24.8. The Morgan fingerprint density at radius 3 is 2.10 bits per heavy atom. The van der Waals surface area contributed by atoms with E-state index < -0.39 is 0 Å². The summed E-state index contributed by atoms with van der Waals surface area (Å²) in [6.45, 7) is 0. The first-order valence-electron chi connectivity index (χ1n) is 8.51. The van der Waals surface area contributed by atoms with Crippen LogP contribution in [0.2, 0.25) is 0 Å². The highest BCUT2D eigenvalue weighted by Crippen LogP contribution is 2.35. The van der Waals surface area contributed by atoms with Crippen LogP contribution in [0.15, 0.2) is 15.7 Å². The van der Waals surface area contributed by atoms with Crippen molar-refractivity contribution in [2.45, 2.75) is 76.2 Å². The molecule has 0 aliphatic heterocycles. The molecule has 0 saturated heterocycles. The lowest BCUT2D eigenvalue weighted by atomic mass is 9.85. The summed E-state index contributed by atoms with van der Waals surface area (Å²) in [6.07, 6.45) is 11.8. The molecule has 0 radical (unpaired) electrons. The van der Waals surface area contributed by atoms with Crippen molar-refractivity contribution in [3.63, 3.8) is 0 Å². The number of nitrogens with zero attached hydrogens (tertiary/aromatic N) is 2. The van der Waals surface area contributed by atoms with E-state index in [1.54, 1.807) is 13.1 Å². The Morgan fingerprint density at radius 1 is 0.905 bits per heavy atom. The molecule has 4 nitrogen and oxygen atoms in total. The minimum absolute atomic E-state index is 0.102. The standard InChI is InChI=1S/C17H26N2O2/c1-18-16(20)12-15(13-8-4-2-5-9-13)19(17(18)21)14-10-6-3-7-11-14/h12-14H,2-11H2,1H3. The van der Waals surface area contributed by atoms with Crippen LogP contribution in [0.3, 0.4) is 0 Å². The fourth-order valence-electron chi connectivity index (χ4n) is 4.08. The minimum atomic E-state index is -0.146. The molecule has 0 N–H and O–H groups in total. The fourth-order valence-corrected chi connectivity index (χ4v) is 4.08. The topological polar surface area (TPSA) is 44.0 Å². The molecule has 0 spiro atoms. The molecule has 0 unspecified atom stereocenters. The van der Waals surface area contributed by atoms with Crippen molar-refractivity contribution in [1.82, 2.24) is 9.13 Å². The molecule has 1 heterocycles. The second-order valence-corrected chi connectivity index (χ2v) is 6.75. The van der Waals surface area contributed by atoms with Gasteiger partial charge in [-0.3, -0.25) is 13.9 Å². The Hall–Kier alpha value is -1.32. The monoisotopic (exact) mass is 290 g/mol.